The second-order valence-electron chi connectivity index (χ2n) is 10.3. The van der Waals surface area contributed by atoms with Crippen LogP contribution in [0.1, 0.15) is 40.0 Å². The van der Waals surface area contributed by atoms with Gasteiger partial charge in [-0.3, -0.25) is 15.4 Å². The number of hydrogen-bond donors (Lipinski definition) is 2. The van der Waals surface area contributed by atoms with E-state index >= 15 is 0 Å². The first-order chi connectivity index (χ1) is 18.1. The summed E-state index contributed by atoms with van der Waals surface area (Å²) < 4.78 is 5.45. The maximum absolute atomic E-state index is 12.5. The summed E-state index contributed by atoms with van der Waals surface area (Å²) in [5.41, 5.74) is -0.258. The van der Waals surface area contributed by atoms with Crippen LogP contribution in [-0.2, 0) is 4.74 Å². The standard InChI is InChI=1S/C25H34N8O5/c1-25(2,3)38-24(35)32-15-13-30(14-16-32)21-8-7-19(33(36)37)22(29-21)27-18-9-10-26-20(17-18)28-23(34)31-11-5-4-6-12-31/h7-10,17H,4-6,11-16H2,1-3H3,(H2,26,27,28,29,34). The molecule has 204 valence electrons. The van der Waals surface area contributed by atoms with Gasteiger partial charge in [0.2, 0.25) is 5.82 Å². The van der Waals surface area contributed by atoms with Crippen molar-refractivity contribution in [3.63, 3.8) is 0 Å². The minimum atomic E-state index is -0.572. The molecular formula is C25H34N8O5. The molecule has 13 heteroatoms. The minimum Gasteiger partial charge on any atom is -0.444 e. The topological polar surface area (TPSA) is 146 Å². The van der Waals surface area contributed by atoms with Crippen LogP contribution in [0.25, 0.3) is 0 Å². The van der Waals surface area contributed by atoms with Gasteiger partial charge in [-0.2, -0.15) is 0 Å². The molecule has 0 bridgehead atoms. The van der Waals surface area contributed by atoms with E-state index in [1.54, 1.807) is 28.0 Å². The number of urea groups is 1. The highest BCUT2D eigenvalue weighted by atomic mass is 16.6. The maximum atomic E-state index is 12.5. The summed E-state index contributed by atoms with van der Waals surface area (Å²) in [5, 5.41) is 17.5. The van der Waals surface area contributed by atoms with Gasteiger partial charge >= 0.3 is 17.8 Å². The fraction of sp³-hybridized carbons (Fsp3) is 0.520. The van der Waals surface area contributed by atoms with E-state index in [-0.39, 0.29) is 23.6 Å². The van der Waals surface area contributed by atoms with E-state index in [1.807, 2.05) is 25.7 Å². The molecule has 2 aliphatic rings. The van der Waals surface area contributed by atoms with Crippen molar-refractivity contribution < 1.29 is 19.2 Å². The molecule has 4 heterocycles. The highest BCUT2D eigenvalue weighted by Crippen LogP contribution is 2.29. The molecule has 2 aromatic heterocycles. The maximum Gasteiger partial charge on any atom is 0.410 e. The van der Waals surface area contributed by atoms with E-state index in [4.69, 9.17) is 4.74 Å². The van der Waals surface area contributed by atoms with Crippen LogP contribution >= 0.6 is 0 Å². The van der Waals surface area contributed by atoms with Gasteiger partial charge in [-0.15, -0.1) is 0 Å². The number of nitrogens with one attached hydrogen (secondary N) is 2. The zero-order valence-electron chi connectivity index (χ0n) is 22.0. The minimum absolute atomic E-state index is 0.0709. The molecule has 2 saturated heterocycles. The number of ether oxygens (including phenoxy) is 1. The van der Waals surface area contributed by atoms with Gasteiger partial charge in [0.05, 0.1) is 4.92 Å². The number of nitrogens with zero attached hydrogens (tertiary/aromatic N) is 6. The first kappa shape index (κ1) is 26.9. The average Bonchev–Trinajstić information content (AvgIpc) is 2.88. The van der Waals surface area contributed by atoms with Crippen molar-refractivity contribution in [1.29, 1.82) is 0 Å². The number of rotatable bonds is 5. The number of amides is 3. The van der Waals surface area contributed by atoms with Crippen molar-refractivity contribution in [2.24, 2.45) is 0 Å². The average molecular weight is 527 g/mol. The normalized spacial score (nSPS) is 16.1. The lowest BCUT2D eigenvalue weighted by molar-refractivity contribution is -0.384. The fourth-order valence-corrected chi connectivity index (χ4v) is 4.30. The molecule has 13 nitrogen and oxygen atoms in total. The first-order valence-electron chi connectivity index (χ1n) is 12.8. The molecule has 38 heavy (non-hydrogen) atoms. The smallest absolute Gasteiger partial charge is 0.410 e. The van der Waals surface area contributed by atoms with E-state index in [0.717, 1.165) is 19.3 Å². The Labute approximate surface area is 221 Å². The van der Waals surface area contributed by atoms with E-state index in [1.165, 1.54) is 12.3 Å². The molecule has 0 atom stereocenters. The zero-order chi connectivity index (χ0) is 27.3. The predicted molar refractivity (Wildman–Crippen MR) is 143 cm³/mol. The molecule has 0 unspecified atom stereocenters. The molecule has 2 N–H and O–H groups in total. The molecule has 0 radical (unpaired) electrons. The number of aromatic nitrogens is 2. The van der Waals surface area contributed by atoms with Gasteiger partial charge < -0.3 is 24.8 Å². The van der Waals surface area contributed by atoms with E-state index in [9.17, 15) is 19.7 Å². The summed E-state index contributed by atoms with van der Waals surface area (Å²) in [7, 11) is 0. The largest absolute Gasteiger partial charge is 0.444 e. The number of nitro groups is 1. The van der Waals surface area contributed by atoms with E-state index in [2.05, 4.69) is 20.6 Å². The monoisotopic (exact) mass is 526 g/mol. The highest BCUT2D eigenvalue weighted by Gasteiger charge is 2.27. The molecule has 3 amide bonds. The van der Waals surface area contributed by atoms with Crippen molar-refractivity contribution in [2.75, 3.05) is 54.8 Å². The Bertz CT molecular complexity index is 1170. The molecule has 0 saturated carbocycles. The summed E-state index contributed by atoms with van der Waals surface area (Å²) in [6.07, 6.45) is 4.22. The summed E-state index contributed by atoms with van der Waals surface area (Å²) in [5.74, 6) is 0.957. The van der Waals surface area contributed by atoms with Crippen molar-refractivity contribution in [3.05, 3.63) is 40.6 Å². The number of piperazine rings is 1. The molecule has 0 aliphatic carbocycles. The van der Waals surface area contributed by atoms with Crippen molar-refractivity contribution in [2.45, 2.75) is 45.6 Å². The van der Waals surface area contributed by atoms with Gasteiger partial charge in [-0.1, -0.05) is 0 Å². The van der Waals surface area contributed by atoms with E-state index in [0.29, 0.717) is 56.6 Å². The lowest BCUT2D eigenvalue weighted by atomic mass is 10.1. The number of likely N-dealkylation sites (tertiary alicyclic amines) is 1. The van der Waals surface area contributed by atoms with Crippen LogP contribution in [0.15, 0.2) is 30.5 Å². The fourth-order valence-electron chi connectivity index (χ4n) is 4.30. The Kier molecular flexibility index (Phi) is 8.13. The Morgan fingerprint density at radius 1 is 1.00 bits per heavy atom. The summed E-state index contributed by atoms with van der Waals surface area (Å²) in [6, 6.07) is 6.05. The number of anilines is 4. The van der Waals surface area contributed by atoms with Gasteiger partial charge in [-0.05, 0) is 52.2 Å². The van der Waals surface area contributed by atoms with Crippen LogP contribution in [0.3, 0.4) is 0 Å². The van der Waals surface area contributed by atoms with Crippen LogP contribution in [-0.4, -0.2) is 81.7 Å². The third-order valence-corrected chi connectivity index (χ3v) is 6.21. The van der Waals surface area contributed by atoms with Gasteiger partial charge in [0.15, 0.2) is 0 Å². The Morgan fingerprint density at radius 2 is 1.71 bits per heavy atom. The molecule has 2 fully saturated rings. The zero-order valence-corrected chi connectivity index (χ0v) is 22.0. The van der Waals surface area contributed by atoms with Crippen LogP contribution in [0.4, 0.5) is 38.4 Å². The molecule has 4 rings (SSSR count). The highest BCUT2D eigenvalue weighted by molar-refractivity contribution is 5.89. The molecular weight excluding hydrogens is 492 g/mol. The Hall–Kier alpha value is -4.16. The predicted octanol–water partition coefficient (Wildman–Crippen LogP) is 4.20. The number of carbonyl (C=O) groups excluding carboxylic acids is 2. The number of hydrogen-bond acceptors (Lipinski definition) is 9. The van der Waals surface area contributed by atoms with Gasteiger partial charge in [0.25, 0.3) is 0 Å². The second kappa shape index (κ2) is 11.5. The van der Waals surface area contributed by atoms with E-state index < -0.39 is 10.5 Å². The van der Waals surface area contributed by atoms with Crippen LogP contribution in [0.2, 0.25) is 0 Å². The second-order valence-corrected chi connectivity index (χ2v) is 10.3. The van der Waals surface area contributed by atoms with Crippen molar-refractivity contribution in [3.8, 4) is 0 Å². The first-order valence-corrected chi connectivity index (χ1v) is 12.8. The number of piperidine rings is 1. The van der Waals surface area contributed by atoms with Crippen LogP contribution in [0, 0.1) is 10.1 Å². The summed E-state index contributed by atoms with van der Waals surface area (Å²) >= 11 is 0. The lowest BCUT2D eigenvalue weighted by Gasteiger charge is -2.36. The summed E-state index contributed by atoms with van der Waals surface area (Å²) in [4.78, 5) is 50.2. The SMILES string of the molecule is CC(C)(C)OC(=O)N1CCN(c2ccc([N+](=O)[O-])c(Nc3ccnc(NC(=O)N4CCCCC4)c3)n2)CC1. The lowest BCUT2D eigenvalue weighted by Crippen LogP contribution is -2.50. The van der Waals surface area contributed by atoms with Gasteiger partial charge in [-0.25, -0.2) is 19.6 Å². The Morgan fingerprint density at radius 3 is 2.37 bits per heavy atom. The van der Waals surface area contributed by atoms with Crippen molar-refractivity contribution in [1.82, 2.24) is 19.8 Å². The van der Waals surface area contributed by atoms with Gasteiger partial charge in [0, 0.05) is 63.3 Å². The molecule has 0 spiro atoms. The van der Waals surface area contributed by atoms with Crippen LogP contribution < -0.4 is 15.5 Å². The third kappa shape index (κ3) is 6.99. The van der Waals surface area contributed by atoms with Crippen molar-refractivity contribution >= 4 is 41.0 Å². The number of pyridine rings is 2. The molecule has 2 aliphatic heterocycles. The summed E-state index contributed by atoms with van der Waals surface area (Å²) in [6.45, 7) is 8.79. The van der Waals surface area contributed by atoms with Gasteiger partial charge in [0.1, 0.15) is 17.2 Å². The van der Waals surface area contributed by atoms with Crippen LogP contribution in [0.5, 0.6) is 0 Å². The number of carbonyl (C=O) groups is 2. The molecule has 2 aromatic rings. The molecule has 0 aromatic carbocycles. The third-order valence-electron chi connectivity index (χ3n) is 6.21. The quantitative estimate of drug-likeness (QED) is 0.432. The Balaban J connectivity index is 1.45.